The number of hydrogen-bond donors (Lipinski definition) is 0. The maximum absolute atomic E-state index is 11.9. The second-order valence-electron chi connectivity index (χ2n) is 4.35. The minimum absolute atomic E-state index is 0.242. The van der Waals surface area contributed by atoms with Crippen LogP contribution in [0.2, 0.25) is 5.02 Å². The Kier molecular flexibility index (Phi) is 4.53. The highest BCUT2D eigenvalue weighted by molar-refractivity contribution is 6.33. The summed E-state index contributed by atoms with van der Waals surface area (Å²) in [6, 6.07) is 13.7. The molecule has 0 heterocycles. The van der Waals surface area contributed by atoms with E-state index in [1.165, 1.54) is 0 Å². The third kappa shape index (κ3) is 3.45. The molecule has 0 radical (unpaired) electrons. The van der Waals surface area contributed by atoms with Crippen molar-refractivity contribution in [1.82, 2.24) is 0 Å². The van der Waals surface area contributed by atoms with Crippen molar-refractivity contribution in [1.29, 1.82) is 0 Å². The number of ether oxygens (including phenoxy) is 1. The molecule has 0 atom stereocenters. The molecule has 0 fully saturated rings. The molecule has 0 aromatic heterocycles. The Morgan fingerprint density at radius 1 is 1.10 bits per heavy atom. The van der Waals surface area contributed by atoms with Gasteiger partial charge in [-0.3, -0.25) is 4.79 Å². The molecule has 0 spiro atoms. The van der Waals surface area contributed by atoms with Crippen molar-refractivity contribution in [2.24, 2.45) is 0 Å². The topological polar surface area (TPSA) is 43.4 Å². The van der Waals surface area contributed by atoms with Crippen LogP contribution in [0.5, 0.6) is 0 Å². The predicted octanol–water partition coefficient (Wildman–Crippen LogP) is 3.69. The van der Waals surface area contributed by atoms with Gasteiger partial charge in [-0.1, -0.05) is 47.5 Å². The van der Waals surface area contributed by atoms with E-state index in [1.807, 2.05) is 13.0 Å². The Bertz CT molecular complexity index is 650. The fourth-order valence-corrected chi connectivity index (χ4v) is 1.95. The normalized spacial score (nSPS) is 10.1. The lowest BCUT2D eigenvalue weighted by molar-refractivity contribution is 0.0475. The van der Waals surface area contributed by atoms with Gasteiger partial charge in [-0.2, -0.15) is 0 Å². The molecule has 4 heteroatoms. The maximum Gasteiger partial charge on any atom is 0.340 e. The van der Waals surface area contributed by atoms with Crippen molar-refractivity contribution in [3.8, 4) is 0 Å². The molecule has 0 saturated heterocycles. The number of carbonyl (C=O) groups excluding carboxylic acids is 2. The van der Waals surface area contributed by atoms with Gasteiger partial charge >= 0.3 is 5.97 Å². The van der Waals surface area contributed by atoms with Gasteiger partial charge < -0.3 is 4.74 Å². The van der Waals surface area contributed by atoms with E-state index in [0.29, 0.717) is 10.6 Å². The number of benzene rings is 2. The largest absolute Gasteiger partial charge is 0.454 e. The number of aryl methyl sites for hydroxylation is 1. The Morgan fingerprint density at radius 3 is 2.55 bits per heavy atom. The van der Waals surface area contributed by atoms with Crippen LogP contribution in [0.4, 0.5) is 0 Å². The summed E-state index contributed by atoms with van der Waals surface area (Å²) in [6.45, 7) is 1.60. The summed E-state index contributed by atoms with van der Waals surface area (Å²) >= 11 is 5.89. The lowest BCUT2D eigenvalue weighted by Crippen LogP contribution is -2.14. The van der Waals surface area contributed by atoms with E-state index in [9.17, 15) is 9.59 Å². The molecule has 20 heavy (non-hydrogen) atoms. The van der Waals surface area contributed by atoms with E-state index in [-0.39, 0.29) is 18.0 Å². The summed E-state index contributed by atoms with van der Waals surface area (Å²) in [5.74, 6) is -0.842. The van der Waals surface area contributed by atoms with Gasteiger partial charge in [0.2, 0.25) is 0 Å². The molecule has 3 nitrogen and oxygen atoms in total. The zero-order valence-corrected chi connectivity index (χ0v) is 11.7. The van der Waals surface area contributed by atoms with Crippen LogP contribution in [-0.4, -0.2) is 18.4 Å². The van der Waals surface area contributed by atoms with Gasteiger partial charge in [-0.15, -0.1) is 0 Å². The van der Waals surface area contributed by atoms with Crippen LogP contribution >= 0.6 is 11.6 Å². The standard InChI is InChI=1S/C16H13ClO3/c1-11-5-4-6-12(9-11)15(18)10-20-16(19)13-7-2-3-8-14(13)17/h2-9H,10H2,1H3. The average Bonchev–Trinajstić information content (AvgIpc) is 2.45. The Morgan fingerprint density at radius 2 is 1.85 bits per heavy atom. The number of ketones is 1. The van der Waals surface area contributed by atoms with Crippen molar-refractivity contribution in [3.05, 3.63) is 70.2 Å². The fourth-order valence-electron chi connectivity index (χ4n) is 1.74. The third-order valence-corrected chi connectivity index (χ3v) is 3.10. The van der Waals surface area contributed by atoms with Crippen molar-refractivity contribution in [2.75, 3.05) is 6.61 Å². The summed E-state index contributed by atoms with van der Waals surface area (Å²) in [7, 11) is 0. The van der Waals surface area contributed by atoms with Crippen molar-refractivity contribution in [3.63, 3.8) is 0 Å². The smallest absolute Gasteiger partial charge is 0.340 e. The fraction of sp³-hybridized carbons (Fsp3) is 0.125. The molecule has 0 bridgehead atoms. The molecule has 0 aliphatic heterocycles. The maximum atomic E-state index is 11.9. The number of halogens is 1. The SMILES string of the molecule is Cc1cccc(C(=O)COC(=O)c2ccccc2Cl)c1. The molecule has 0 N–H and O–H groups in total. The quantitative estimate of drug-likeness (QED) is 0.636. The van der Waals surface area contributed by atoms with Crippen LogP contribution in [0.25, 0.3) is 0 Å². The van der Waals surface area contributed by atoms with Crippen LogP contribution in [0.1, 0.15) is 26.3 Å². The first-order valence-corrected chi connectivity index (χ1v) is 6.47. The first-order valence-electron chi connectivity index (χ1n) is 6.09. The molecule has 2 aromatic carbocycles. The van der Waals surface area contributed by atoms with Crippen molar-refractivity contribution in [2.45, 2.75) is 6.92 Å². The second kappa shape index (κ2) is 6.35. The van der Waals surface area contributed by atoms with E-state index in [0.717, 1.165) is 5.56 Å². The Balaban J connectivity index is 2.01. The third-order valence-electron chi connectivity index (χ3n) is 2.77. The van der Waals surface area contributed by atoms with Gasteiger partial charge in [-0.25, -0.2) is 4.79 Å². The predicted molar refractivity (Wildman–Crippen MR) is 77.2 cm³/mol. The number of carbonyl (C=O) groups is 2. The van der Waals surface area contributed by atoms with E-state index in [2.05, 4.69) is 0 Å². The highest BCUT2D eigenvalue weighted by Crippen LogP contribution is 2.16. The molecule has 0 aliphatic rings. The van der Waals surface area contributed by atoms with Gasteiger partial charge in [0, 0.05) is 5.56 Å². The van der Waals surface area contributed by atoms with E-state index in [4.69, 9.17) is 16.3 Å². The second-order valence-corrected chi connectivity index (χ2v) is 4.76. The average molecular weight is 289 g/mol. The molecular formula is C16H13ClO3. The van der Waals surface area contributed by atoms with Crippen LogP contribution in [0.3, 0.4) is 0 Å². The minimum Gasteiger partial charge on any atom is -0.454 e. The van der Waals surface area contributed by atoms with Gasteiger partial charge in [0.15, 0.2) is 12.4 Å². The number of esters is 1. The molecule has 0 saturated carbocycles. The molecular weight excluding hydrogens is 276 g/mol. The molecule has 0 unspecified atom stereocenters. The van der Waals surface area contributed by atoms with Gasteiger partial charge in [-0.05, 0) is 25.1 Å². The van der Waals surface area contributed by atoms with Crippen LogP contribution < -0.4 is 0 Å². The lowest BCUT2D eigenvalue weighted by atomic mass is 10.1. The van der Waals surface area contributed by atoms with E-state index < -0.39 is 5.97 Å². The van der Waals surface area contributed by atoms with Crippen LogP contribution in [0.15, 0.2) is 48.5 Å². The first-order chi connectivity index (χ1) is 9.58. The summed E-state index contributed by atoms with van der Waals surface area (Å²) < 4.78 is 4.99. The van der Waals surface area contributed by atoms with Gasteiger partial charge in [0.25, 0.3) is 0 Å². The zero-order chi connectivity index (χ0) is 14.5. The summed E-state index contributed by atoms with van der Waals surface area (Å²) in [5, 5.41) is 0.306. The van der Waals surface area contributed by atoms with Crippen molar-refractivity contribution >= 4 is 23.4 Å². The van der Waals surface area contributed by atoms with Crippen molar-refractivity contribution < 1.29 is 14.3 Å². The summed E-state index contributed by atoms with van der Waals surface area (Å²) in [6.07, 6.45) is 0. The van der Waals surface area contributed by atoms with Gasteiger partial charge in [0.1, 0.15) is 0 Å². The Hall–Kier alpha value is -2.13. The Labute approximate surface area is 122 Å². The molecule has 0 aliphatic carbocycles. The minimum atomic E-state index is -0.600. The van der Waals surface area contributed by atoms with Crippen LogP contribution in [0, 0.1) is 6.92 Å². The summed E-state index contributed by atoms with van der Waals surface area (Å²) in [4.78, 5) is 23.7. The monoisotopic (exact) mass is 288 g/mol. The zero-order valence-electron chi connectivity index (χ0n) is 10.9. The highest BCUT2D eigenvalue weighted by atomic mass is 35.5. The highest BCUT2D eigenvalue weighted by Gasteiger charge is 2.14. The van der Waals surface area contributed by atoms with E-state index >= 15 is 0 Å². The summed E-state index contributed by atoms with van der Waals surface area (Å²) in [5.41, 5.74) is 1.76. The van der Waals surface area contributed by atoms with E-state index in [1.54, 1.807) is 42.5 Å². The first kappa shape index (κ1) is 14.3. The molecule has 0 amide bonds. The van der Waals surface area contributed by atoms with Gasteiger partial charge in [0.05, 0.1) is 10.6 Å². The molecule has 2 aromatic rings. The number of hydrogen-bond acceptors (Lipinski definition) is 3. The number of Topliss-reactive ketones (excluding diaryl/α,β-unsaturated/α-hetero) is 1. The lowest BCUT2D eigenvalue weighted by Gasteiger charge is -2.06. The van der Waals surface area contributed by atoms with Crippen LogP contribution in [-0.2, 0) is 4.74 Å². The molecule has 2 rings (SSSR count). The number of rotatable bonds is 4. The molecule has 102 valence electrons.